The molecule has 0 fully saturated rings. The van der Waals surface area contributed by atoms with E-state index in [0.29, 0.717) is 23.3 Å². The van der Waals surface area contributed by atoms with E-state index in [1.807, 2.05) is 68.5 Å². The monoisotopic (exact) mass is 592 g/mol. The van der Waals surface area contributed by atoms with Crippen LogP contribution in [0.3, 0.4) is 0 Å². The Bertz CT molecular complexity index is 1740. The van der Waals surface area contributed by atoms with E-state index >= 15 is 0 Å². The van der Waals surface area contributed by atoms with Gasteiger partial charge in [0.25, 0.3) is 0 Å². The van der Waals surface area contributed by atoms with E-state index in [1.165, 1.54) is 5.56 Å². The van der Waals surface area contributed by atoms with E-state index in [2.05, 4.69) is 42.7 Å². The number of Topliss-reactive ketones (excluding diaryl/α,β-unsaturated/α-hetero) is 3. The van der Waals surface area contributed by atoms with Crippen LogP contribution in [-0.4, -0.2) is 33.4 Å². The summed E-state index contributed by atoms with van der Waals surface area (Å²) in [5.41, 5.74) is 5.29. The molecular formula is C37H40N2O3S. The van der Waals surface area contributed by atoms with Crippen LogP contribution in [0.1, 0.15) is 73.2 Å². The molecule has 1 aromatic heterocycles. The molecule has 1 aliphatic rings. The van der Waals surface area contributed by atoms with E-state index in [4.69, 9.17) is 5.41 Å². The molecule has 0 radical (unpaired) electrons. The zero-order valence-corrected chi connectivity index (χ0v) is 26.5. The Labute approximate surface area is 258 Å². The lowest BCUT2D eigenvalue weighted by atomic mass is 9.96. The van der Waals surface area contributed by atoms with Crippen molar-refractivity contribution in [3.63, 3.8) is 0 Å². The van der Waals surface area contributed by atoms with Crippen LogP contribution in [0.4, 0.5) is 0 Å². The Kier molecular flexibility index (Phi) is 10.7. The molecule has 1 aliphatic carbocycles. The summed E-state index contributed by atoms with van der Waals surface area (Å²) in [5, 5.41) is 10.3. The van der Waals surface area contributed by atoms with Crippen molar-refractivity contribution < 1.29 is 14.4 Å². The number of allylic oxidation sites excluding steroid dienone is 4. The van der Waals surface area contributed by atoms with Crippen molar-refractivity contribution in [2.24, 2.45) is 5.92 Å². The average Bonchev–Trinajstić information content (AvgIpc) is 3.34. The van der Waals surface area contributed by atoms with Crippen molar-refractivity contribution in [2.75, 3.05) is 5.75 Å². The number of carbonyl (C=O) groups excluding carboxylic acids is 3. The summed E-state index contributed by atoms with van der Waals surface area (Å²) < 4.78 is 2.20. The first-order chi connectivity index (χ1) is 20.6. The van der Waals surface area contributed by atoms with Gasteiger partial charge in [0.1, 0.15) is 5.78 Å². The quantitative estimate of drug-likeness (QED) is 0.113. The predicted molar refractivity (Wildman–Crippen MR) is 180 cm³/mol. The second-order valence-corrected chi connectivity index (χ2v) is 12.3. The van der Waals surface area contributed by atoms with Gasteiger partial charge >= 0.3 is 0 Å². The molecule has 4 aromatic rings. The molecule has 0 saturated carbocycles. The largest absolute Gasteiger partial charge is 0.341 e. The highest BCUT2D eigenvalue weighted by molar-refractivity contribution is 7.99. The minimum Gasteiger partial charge on any atom is -0.341 e. The molecule has 43 heavy (non-hydrogen) atoms. The van der Waals surface area contributed by atoms with Crippen molar-refractivity contribution in [1.82, 2.24) is 4.57 Å². The van der Waals surface area contributed by atoms with Gasteiger partial charge in [0.2, 0.25) is 5.78 Å². The van der Waals surface area contributed by atoms with Crippen LogP contribution in [-0.2, 0) is 11.3 Å². The Morgan fingerprint density at radius 1 is 0.907 bits per heavy atom. The molecule has 1 heterocycles. The van der Waals surface area contributed by atoms with Gasteiger partial charge in [0.05, 0.1) is 5.71 Å². The molecule has 1 N–H and O–H groups in total. The Hall–Kier alpha value is -4.03. The lowest BCUT2D eigenvalue weighted by Crippen LogP contribution is -2.14. The number of nitrogens with zero attached hydrogens (tertiary/aromatic N) is 1. The molecule has 6 heteroatoms. The van der Waals surface area contributed by atoms with Gasteiger partial charge < -0.3 is 9.98 Å². The van der Waals surface area contributed by atoms with Crippen LogP contribution in [0.15, 0.2) is 89.4 Å². The van der Waals surface area contributed by atoms with Crippen LogP contribution in [0.25, 0.3) is 21.8 Å². The number of fused-ring (bicyclic) bond motifs is 3. The highest BCUT2D eigenvalue weighted by Gasteiger charge is 2.18. The number of aryl methyl sites for hydroxylation is 2. The van der Waals surface area contributed by atoms with Crippen molar-refractivity contribution in [3.05, 3.63) is 101 Å². The van der Waals surface area contributed by atoms with Crippen LogP contribution < -0.4 is 0 Å². The standard InChI is InChI=1S/C32H30N2O2S.C5H10O/c1-3-34-29-15-11-23(31(35)22-7-5-4-6-8-22)19-26(29)27-20-24(12-16-30(27)34)32(36)28(33)17-18-37-25-13-9-21(2)10-14-25;1-4(2)5(3)6/h5,7-16,19-20,33H,3-4,6,17-18H2,1-2H3;4H,1-3H3. The van der Waals surface area contributed by atoms with E-state index in [-0.39, 0.29) is 29.0 Å². The number of thioether (sulfide) groups is 1. The number of hydrogen-bond donors (Lipinski definition) is 1. The summed E-state index contributed by atoms with van der Waals surface area (Å²) in [7, 11) is 0. The average molecular weight is 593 g/mol. The van der Waals surface area contributed by atoms with Gasteiger partial charge in [0.15, 0.2) is 5.78 Å². The molecule has 0 aliphatic heterocycles. The number of rotatable bonds is 10. The fraction of sp³-hybridized carbons (Fsp3) is 0.297. The molecular weight excluding hydrogens is 552 g/mol. The highest BCUT2D eigenvalue weighted by Crippen LogP contribution is 2.32. The van der Waals surface area contributed by atoms with Crippen molar-refractivity contribution in [1.29, 1.82) is 5.41 Å². The first kappa shape index (κ1) is 31.9. The lowest BCUT2D eigenvalue weighted by molar-refractivity contribution is -0.119. The van der Waals surface area contributed by atoms with Gasteiger partial charge in [-0.05, 0) is 82.1 Å². The first-order valence-electron chi connectivity index (χ1n) is 14.9. The van der Waals surface area contributed by atoms with Gasteiger partial charge in [-0.25, -0.2) is 0 Å². The maximum absolute atomic E-state index is 13.2. The lowest BCUT2D eigenvalue weighted by Gasteiger charge is -2.07. The van der Waals surface area contributed by atoms with E-state index in [1.54, 1.807) is 18.7 Å². The zero-order valence-electron chi connectivity index (χ0n) is 25.7. The summed E-state index contributed by atoms with van der Waals surface area (Å²) in [6, 6.07) is 19.8. The third-order valence-electron chi connectivity index (χ3n) is 7.69. The van der Waals surface area contributed by atoms with E-state index in [9.17, 15) is 14.4 Å². The molecule has 0 unspecified atom stereocenters. The fourth-order valence-corrected chi connectivity index (χ4v) is 5.74. The predicted octanol–water partition coefficient (Wildman–Crippen LogP) is 9.20. The number of carbonyl (C=O) groups is 3. The number of nitrogens with one attached hydrogen (secondary N) is 1. The molecule has 5 nitrogen and oxygen atoms in total. The van der Waals surface area contributed by atoms with Crippen molar-refractivity contribution in [2.45, 2.75) is 65.3 Å². The van der Waals surface area contributed by atoms with Crippen LogP contribution >= 0.6 is 11.8 Å². The van der Waals surface area contributed by atoms with Gasteiger partial charge in [-0.2, -0.15) is 0 Å². The SMILES string of the molecule is CC(=O)C(C)C.CCn1c2ccc(C(=O)C(=N)CCSc3ccc(C)cc3)cc2c2cc(C(=O)C3=CCCC=C3)ccc21. The number of aromatic nitrogens is 1. The van der Waals surface area contributed by atoms with Crippen LogP contribution in [0.5, 0.6) is 0 Å². The number of ketones is 3. The molecule has 0 atom stereocenters. The molecule has 0 bridgehead atoms. The molecule has 0 spiro atoms. The maximum atomic E-state index is 13.2. The van der Waals surface area contributed by atoms with Crippen LogP contribution in [0, 0.1) is 18.3 Å². The van der Waals surface area contributed by atoms with Gasteiger partial charge in [-0.1, -0.05) is 49.8 Å². The van der Waals surface area contributed by atoms with Gasteiger partial charge in [0, 0.05) is 68.0 Å². The van der Waals surface area contributed by atoms with Crippen LogP contribution in [0.2, 0.25) is 0 Å². The summed E-state index contributed by atoms with van der Waals surface area (Å²) in [4.78, 5) is 37.6. The summed E-state index contributed by atoms with van der Waals surface area (Å²) in [6.45, 7) is 10.3. The maximum Gasteiger partial charge on any atom is 0.206 e. The van der Waals surface area contributed by atoms with Gasteiger partial charge in [-0.3, -0.25) is 14.4 Å². The first-order valence-corrected chi connectivity index (χ1v) is 15.9. The minimum absolute atomic E-state index is 0.0235. The third-order valence-corrected chi connectivity index (χ3v) is 8.71. The van der Waals surface area contributed by atoms with Gasteiger partial charge in [-0.15, -0.1) is 11.8 Å². The van der Waals surface area contributed by atoms with Crippen molar-refractivity contribution >= 4 is 56.6 Å². The smallest absolute Gasteiger partial charge is 0.206 e. The van der Waals surface area contributed by atoms with E-state index in [0.717, 1.165) is 51.7 Å². The molecule has 222 valence electrons. The fourth-order valence-electron chi connectivity index (χ4n) is 4.87. The Morgan fingerprint density at radius 3 is 2.07 bits per heavy atom. The summed E-state index contributed by atoms with van der Waals surface area (Å²) in [5.74, 6) is 0.935. The second-order valence-electron chi connectivity index (χ2n) is 11.2. The molecule has 0 saturated heterocycles. The molecule has 0 amide bonds. The molecule has 3 aromatic carbocycles. The third kappa shape index (κ3) is 7.68. The van der Waals surface area contributed by atoms with Crippen molar-refractivity contribution in [3.8, 4) is 0 Å². The Morgan fingerprint density at radius 2 is 1.51 bits per heavy atom. The zero-order chi connectivity index (χ0) is 31.1. The second kappa shape index (κ2) is 14.4. The normalized spacial score (nSPS) is 12.7. The van der Waals surface area contributed by atoms with E-state index < -0.39 is 0 Å². The summed E-state index contributed by atoms with van der Waals surface area (Å²) >= 11 is 1.66. The topological polar surface area (TPSA) is 80.0 Å². The number of hydrogen-bond acceptors (Lipinski definition) is 5. The Balaban J connectivity index is 0.000000641. The number of benzene rings is 3. The highest BCUT2D eigenvalue weighted by atomic mass is 32.2. The molecule has 5 rings (SSSR count). The summed E-state index contributed by atoms with van der Waals surface area (Å²) in [6.07, 6.45) is 8.21. The minimum atomic E-state index is -0.242.